The van der Waals surface area contributed by atoms with E-state index in [9.17, 15) is 15.6 Å². The number of aromatic hydroxyl groups is 1. The number of nitrogen functional groups attached to an aromatic ring is 1. The van der Waals surface area contributed by atoms with E-state index >= 15 is 0 Å². The molecule has 0 bridgehead atoms. The molecule has 1 aromatic heterocycles. The summed E-state index contributed by atoms with van der Waals surface area (Å²) in [6, 6.07) is 7.70. The summed E-state index contributed by atoms with van der Waals surface area (Å²) in [4.78, 5) is 4.31. The van der Waals surface area contributed by atoms with Crippen LogP contribution in [0.5, 0.6) is 11.5 Å². The smallest absolute Gasteiger partial charge is 0.172 e. The number of fused-ring (bicyclic) bond motifs is 1. The van der Waals surface area contributed by atoms with Crippen molar-refractivity contribution in [2.24, 2.45) is 0 Å². The van der Waals surface area contributed by atoms with Gasteiger partial charge in [-0.25, -0.2) is 4.98 Å². The summed E-state index contributed by atoms with van der Waals surface area (Å²) in [7, 11) is 1.47. The molecule has 7 heteroatoms. The second-order valence-corrected chi connectivity index (χ2v) is 6.91. The van der Waals surface area contributed by atoms with Crippen molar-refractivity contribution in [1.29, 1.82) is 10.5 Å². The number of hydrogen-bond donors (Lipinski definition) is 2. The number of allylic oxidation sites excluding steroid dienone is 3. The fourth-order valence-electron chi connectivity index (χ4n) is 3.19. The lowest BCUT2D eigenvalue weighted by Crippen LogP contribution is -2.03. The molecule has 0 aliphatic heterocycles. The van der Waals surface area contributed by atoms with Gasteiger partial charge in [-0.2, -0.15) is 10.5 Å². The second kappa shape index (κ2) is 6.79. The van der Waals surface area contributed by atoms with Gasteiger partial charge in [0.15, 0.2) is 11.5 Å². The summed E-state index contributed by atoms with van der Waals surface area (Å²) in [5, 5.41) is 29.0. The van der Waals surface area contributed by atoms with Gasteiger partial charge in [0.25, 0.3) is 0 Å². The quantitative estimate of drug-likeness (QED) is 0.749. The highest BCUT2D eigenvalue weighted by atomic mass is 79.9. The van der Waals surface area contributed by atoms with Gasteiger partial charge in [0.05, 0.1) is 28.4 Å². The molecule has 3 N–H and O–H groups in total. The molecule has 6 nitrogen and oxygen atoms in total. The minimum Gasteiger partial charge on any atom is -0.503 e. The van der Waals surface area contributed by atoms with Crippen molar-refractivity contribution in [3.8, 4) is 23.6 Å². The molecule has 1 aliphatic rings. The zero-order chi connectivity index (χ0) is 19.9. The number of rotatable bonds is 2. The number of nitrogens with zero attached hydrogens (tertiary/aromatic N) is 3. The minimum absolute atomic E-state index is 0.00818. The Labute approximate surface area is 165 Å². The third-order valence-corrected chi connectivity index (χ3v) is 5.17. The Kier molecular flexibility index (Phi) is 4.65. The predicted octanol–water partition coefficient (Wildman–Crippen LogP) is 4.17. The van der Waals surface area contributed by atoms with Crippen molar-refractivity contribution >= 4 is 39.0 Å². The number of benzene rings is 1. The van der Waals surface area contributed by atoms with E-state index in [0.717, 1.165) is 22.3 Å². The maximum absolute atomic E-state index is 10.0. The van der Waals surface area contributed by atoms with Crippen LogP contribution in [0.25, 0.3) is 17.2 Å². The van der Waals surface area contributed by atoms with Gasteiger partial charge in [0.2, 0.25) is 0 Å². The van der Waals surface area contributed by atoms with E-state index in [1.54, 1.807) is 19.1 Å². The molecule has 0 spiro atoms. The van der Waals surface area contributed by atoms with Crippen LogP contribution in [0, 0.1) is 29.6 Å². The van der Waals surface area contributed by atoms with Gasteiger partial charge in [0.1, 0.15) is 18.0 Å². The lowest BCUT2D eigenvalue weighted by atomic mass is 9.95. The molecule has 134 valence electrons. The number of methoxy groups -OCH3 is 1. The highest BCUT2D eigenvalue weighted by molar-refractivity contribution is 9.10. The van der Waals surface area contributed by atoms with E-state index in [1.807, 2.05) is 13.0 Å². The van der Waals surface area contributed by atoms with Gasteiger partial charge < -0.3 is 15.6 Å². The Hall–Kier alpha value is -3.29. The largest absolute Gasteiger partial charge is 0.503 e. The third kappa shape index (κ3) is 2.83. The Morgan fingerprint density at radius 1 is 1.26 bits per heavy atom. The first-order valence-corrected chi connectivity index (χ1v) is 8.73. The molecule has 0 amide bonds. The number of phenolic OH excluding ortho intramolecular Hbond substituents is 1. The molecule has 1 aromatic carbocycles. The third-order valence-electron chi connectivity index (χ3n) is 4.57. The summed E-state index contributed by atoms with van der Waals surface area (Å²) in [6.07, 6.45) is 1.87. The molecule has 3 rings (SSSR count). The molecule has 0 unspecified atom stereocenters. The monoisotopic (exact) mass is 422 g/mol. The van der Waals surface area contributed by atoms with Crippen LogP contribution in [-0.4, -0.2) is 17.2 Å². The SMILES string of the molecule is COc1cc(/C=C2/C(C)=C(C#N)c3nc(N)c(C#N)c(C)c32)cc(Br)c1O. The Morgan fingerprint density at radius 2 is 1.96 bits per heavy atom. The molecule has 1 aliphatic carbocycles. The average molecular weight is 423 g/mol. The predicted molar refractivity (Wildman–Crippen MR) is 107 cm³/mol. The van der Waals surface area contributed by atoms with E-state index in [4.69, 9.17) is 10.5 Å². The maximum atomic E-state index is 10.0. The number of ether oxygens (including phenoxy) is 1. The number of hydrogen-bond acceptors (Lipinski definition) is 6. The van der Waals surface area contributed by atoms with Crippen molar-refractivity contribution in [3.63, 3.8) is 0 Å². The minimum atomic E-state index is 0.00818. The molecule has 27 heavy (non-hydrogen) atoms. The Balaban J connectivity index is 2.33. The lowest BCUT2D eigenvalue weighted by Gasteiger charge is -2.12. The zero-order valence-electron chi connectivity index (χ0n) is 14.9. The second-order valence-electron chi connectivity index (χ2n) is 6.06. The van der Waals surface area contributed by atoms with E-state index in [-0.39, 0.29) is 11.6 Å². The number of pyridine rings is 1. The molecular weight excluding hydrogens is 408 g/mol. The summed E-state index contributed by atoms with van der Waals surface area (Å²) >= 11 is 3.31. The van der Waals surface area contributed by atoms with Crippen molar-refractivity contribution in [2.45, 2.75) is 13.8 Å². The molecular formula is C20H15BrN4O2. The number of anilines is 1. The van der Waals surface area contributed by atoms with Crippen molar-refractivity contribution in [2.75, 3.05) is 12.8 Å². The van der Waals surface area contributed by atoms with E-state index in [1.165, 1.54) is 7.11 Å². The van der Waals surface area contributed by atoms with Crippen molar-refractivity contribution in [1.82, 2.24) is 4.98 Å². The summed E-state index contributed by atoms with van der Waals surface area (Å²) in [5.41, 5.74) is 10.8. The molecule has 0 saturated heterocycles. The van der Waals surface area contributed by atoms with Gasteiger partial charge >= 0.3 is 0 Å². The van der Waals surface area contributed by atoms with Crippen LogP contribution >= 0.6 is 15.9 Å². The molecule has 0 saturated carbocycles. The molecule has 2 aromatic rings. The average Bonchev–Trinajstić information content (AvgIpc) is 2.89. The highest BCUT2D eigenvalue weighted by Gasteiger charge is 2.29. The van der Waals surface area contributed by atoms with Crippen LogP contribution < -0.4 is 10.5 Å². The van der Waals surface area contributed by atoms with E-state index in [0.29, 0.717) is 32.6 Å². The lowest BCUT2D eigenvalue weighted by molar-refractivity contribution is 0.372. The van der Waals surface area contributed by atoms with Crippen LogP contribution in [0.4, 0.5) is 5.82 Å². The summed E-state index contributed by atoms with van der Waals surface area (Å²) in [5.74, 6) is 0.444. The van der Waals surface area contributed by atoms with Gasteiger partial charge in [-0.05, 0) is 70.3 Å². The first-order chi connectivity index (χ1) is 12.8. The van der Waals surface area contributed by atoms with Crippen LogP contribution in [-0.2, 0) is 0 Å². The van der Waals surface area contributed by atoms with Gasteiger partial charge in [-0.3, -0.25) is 0 Å². The topological polar surface area (TPSA) is 116 Å². The number of nitriles is 2. The van der Waals surface area contributed by atoms with Gasteiger partial charge in [-0.1, -0.05) is 0 Å². The number of phenols is 1. The zero-order valence-corrected chi connectivity index (χ0v) is 16.5. The van der Waals surface area contributed by atoms with Crippen LogP contribution in [0.3, 0.4) is 0 Å². The molecule has 0 fully saturated rings. The van der Waals surface area contributed by atoms with Gasteiger partial charge in [-0.15, -0.1) is 0 Å². The fourth-order valence-corrected chi connectivity index (χ4v) is 3.65. The molecule has 1 heterocycles. The molecule has 0 atom stereocenters. The first-order valence-electron chi connectivity index (χ1n) is 7.94. The van der Waals surface area contributed by atoms with Crippen LogP contribution in [0.2, 0.25) is 0 Å². The van der Waals surface area contributed by atoms with Crippen molar-refractivity contribution in [3.05, 3.63) is 50.1 Å². The van der Waals surface area contributed by atoms with Gasteiger partial charge in [0, 0.05) is 5.56 Å². The summed E-state index contributed by atoms with van der Waals surface area (Å²) < 4.78 is 5.69. The van der Waals surface area contributed by atoms with Crippen LogP contribution in [0.1, 0.15) is 34.9 Å². The van der Waals surface area contributed by atoms with Crippen molar-refractivity contribution < 1.29 is 9.84 Å². The molecule has 0 radical (unpaired) electrons. The fraction of sp³-hybridized carbons (Fsp3) is 0.150. The maximum Gasteiger partial charge on any atom is 0.172 e. The standard InChI is InChI=1S/C20H15BrN4O2/c1-9-12(4-11-5-15(21)19(26)16(6-11)27-3)17-10(2)14(8-23)20(24)25-18(17)13(9)7-22/h4-6,26H,1-3H3,(H2,24,25)/b12-4-. The Bertz CT molecular complexity index is 1130. The number of nitrogens with two attached hydrogens (primary N) is 1. The van der Waals surface area contributed by atoms with Crippen LogP contribution in [0.15, 0.2) is 22.2 Å². The van der Waals surface area contributed by atoms with E-state index in [2.05, 4.69) is 33.1 Å². The summed E-state index contributed by atoms with van der Waals surface area (Å²) in [6.45, 7) is 3.63. The normalized spacial score (nSPS) is 14.1. The Morgan fingerprint density at radius 3 is 2.56 bits per heavy atom. The number of aromatic nitrogens is 1. The number of halogens is 1. The van der Waals surface area contributed by atoms with E-state index < -0.39 is 0 Å². The first kappa shape index (κ1) is 18.5. The highest BCUT2D eigenvalue weighted by Crippen LogP contribution is 2.45.